The molecule has 0 saturated carbocycles. The summed E-state index contributed by atoms with van der Waals surface area (Å²) < 4.78 is 60.6. The van der Waals surface area contributed by atoms with Crippen molar-refractivity contribution in [2.75, 3.05) is 20.8 Å². The average Bonchev–Trinajstić information content (AvgIpc) is 2.92. The van der Waals surface area contributed by atoms with Crippen molar-refractivity contribution in [3.8, 4) is 28.7 Å². The Labute approximate surface area is 231 Å². The van der Waals surface area contributed by atoms with Gasteiger partial charge in [0, 0.05) is 11.6 Å². The van der Waals surface area contributed by atoms with E-state index in [4.69, 9.17) is 30.5 Å². The number of alkyl halides is 3. The molecular formula is C26H23ClF3N3O7. The number of carbonyl (C=O) groups is 1. The lowest BCUT2D eigenvalue weighted by molar-refractivity contribution is -0.385. The molecule has 0 bridgehead atoms. The van der Waals surface area contributed by atoms with Gasteiger partial charge in [-0.25, -0.2) is 5.43 Å². The zero-order chi connectivity index (χ0) is 29.4. The SMILES string of the molecule is CCCOc1ccc(C(=O)N/N=C/c2cc(Cl)c(Oc3ccc(C(F)(F)F)cc3[N+](=O)[O-])c(OC)c2)cc1OC. The van der Waals surface area contributed by atoms with Gasteiger partial charge >= 0.3 is 11.9 Å². The number of amides is 1. The summed E-state index contributed by atoms with van der Waals surface area (Å²) in [4.78, 5) is 22.9. The van der Waals surface area contributed by atoms with E-state index in [9.17, 15) is 28.1 Å². The van der Waals surface area contributed by atoms with Crippen molar-refractivity contribution in [3.05, 3.63) is 80.4 Å². The van der Waals surface area contributed by atoms with Gasteiger partial charge < -0.3 is 18.9 Å². The second-order valence-electron chi connectivity index (χ2n) is 7.99. The fourth-order valence-corrected chi connectivity index (χ4v) is 3.57. The van der Waals surface area contributed by atoms with Gasteiger partial charge in [0.25, 0.3) is 5.91 Å². The molecule has 0 spiro atoms. The second kappa shape index (κ2) is 13.0. The van der Waals surface area contributed by atoms with Gasteiger partial charge in [-0.05, 0) is 54.4 Å². The molecule has 0 unspecified atom stereocenters. The Hall–Kier alpha value is -4.52. The number of rotatable bonds is 11. The van der Waals surface area contributed by atoms with E-state index in [2.05, 4.69) is 10.5 Å². The van der Waals surface area contributed by atoms with Crippen molar-refractivity contribution in [1.29, 1.82) is 0 Å². The van der Waals surface area contributed by atoms with Crippen molar-refractivity contribution >= 4 is 29.4 Å². The lowest BCUT2D eigenvalue weighted by Crippen LogP contribution is -2.17. The summed E-state index contributed by atoms with van der Waals surface area (Å²) in [5.74, 6) is -0.314. The molecule has 0 saturated heterocycles. The first-order valence-electron chi connectivity index (χ1n) is 11.5. The topological polar surface area (TPSA) is 122 Å². The van der Waals surface area contributed by atoms with Gasteiger partial charge in [-0.2, -0.15) is 18.3 Å². The van der Waals surface area contributed by atoms with Crippen molar-refractivity contribution < 1.29 is 41.8 Å². The zero-order valence-electron chi connectivity index (χ0n) is 21.4. The third-order valence-corrected chi connectivity index (χ3v) is 5.49. The lowest BCUT2D eigenvalue weighted by atomic mass is 10.1. The van der Waals surface area contributed by atoms with Crippen LogP contribution in [0.4, 0.5) is 18.9 Å². The number of nitrogens with one attached hydrogen (secondary N) is 1. The highest BCUT2D eigenvalue weighted by Gasteiger charge is 2.33. The molecule has 10 nitrogen and oxygen atoms in total. The van der Waals surface area contributed by atoms with Gasteiger partial charge in [-0.3, -0.25) is 14.9 Å². The van der Waals surface area contributed by atoms with Crippen LogP contribution >= 0.6 is 11.6 Å². The normalized spacial score (nSPS) is 11.3. The number of nitro benzene ring substituents is 1. The first kappa shape index (κ1) is 30.0. The van der Waals surface area contributed by atoms with Gasteiger partial charge in [-0.15, -0.1) is 0 Å². The van der Waals surface area contributed by atoms with Crippen LogP contribution in [0.1, 0.15) is 34.8 Å². The van der Waals surface area contributed by atoms with Crippen LogP contribution in [-0.4, -0.2) is 37.9 Å². The Kier molecular flexibility index (Phi) is 9.78. The van der Waals surface area contributed by atoms with Crippen LogP contribution in [0.3, 0.4) is 0 Å². The molecular weight excluding hydrogens is 559 g/mol. The number of hydrazone groups is 1. The summed E-state index contributed by atoms with van der Waals surface area (Å²) in [6.07, 6.45) is -2.72. The van der Waals surface area contributed by atoms with Crippen LogP contribution in [0.5, 0.6) is 28.7 Å². The molecule has 0 atom stereocenters. The van der Waals surface area contributed by atoms with E-state index in [1.54, 1.807) is 12.1 Å². The molecule has 0 aliphatic rings. The van der Waals surface area contributed by atoms with Crippen LogP contribution in [-0.2, 0) is 6.18 Å². The van der Waals surface area contributed by atoms with Crippen LogP contribution in [0, 0.1) is 10.1 Å². The first-order valence-corrected chi connectivity index (χ1v) is 11.9. The monoisotopic (exact) mass is 581 g/mol. The number of halogens is 4. The molecule has 3 aromatic carbocycles. The number of hydrogen-bond acceptors (Lipinski definition) is 8. The molecule has 0 aromatic heterocycles. The quantitative estimate of drug-likeness (QED) is 0.153. The minimum Gasteiger partial charge on any atom is -0.493 e. The minimum atomic E-state index is -4.78. The highest BCUT2D eigenvalue weighted by atomic mass is 35.5. The van der Waals surface area contributed by atoms with Crippen molar-refractivity contribution in [3.63, 3.8) is 0 Å². The molecule has 0 aliphatic heterocycles. The van der Waals surface area contributed by atoms with Crippen LogP contribution in [0.2, 0.25) is 5.02 Å². The van der Waals surface area contributed by atoms with Crippen LogP contribution < -0.4 is 24.4 Å². The second-order valence-corrected chi connectivity index (χ2v) is 8.39. The Morgan fingerprint density at radius 2 is 1.75 bits per heavy atom. The number of carbonyl (C=O) groups excluding carboxylic acids is 1. The summed E-state index contributed by atoms with van der Waals surface area (Å²) in [7, 11) is 2.72. The Balaban J connectivity index is 1.79. The predicted molar refractivity (Wildman–Crippen MR) is 140 cm³/mol. The highest BCUT2D eigenvalue weighted by molar-refractivity contribution is 6.32. The van der Waals surface area contributed by atoms with Gasteiger partial charge in [0.2, 0.25) is 5.75 Å². The van der Waals surface area contributed by atoms with Crippen molar-refractivity contribution in [2.24, 2.45) is 5.10 Å². The third-order valence-electron chi connectivity index (χ3n) is 5.21. The van der Waals surface area contributed by atoms with Crippen molar-refractivity contribution in [2.45, 2.75) is 19.5 Å². The van der Waals surface area contributed by atoms with Crippen LogP contribution in [0.15, 0.2) is 53.6 Å². The Bertz CT molecular complexity index is 1430. The smallest absolute Gasteiger partial charge is 0.416 e. The fraction of sp³-hybridized carbons (Fsp3) is 0.231. The standard InChI is InChI=1S/C26H23ClF3N3O7/c1-4-9-39-21-7-5-16(12-22(21)37-2)25(34)32-31-14-15-10-18(27)24(23(11-15)38-3)40-20-8-6-17(26(28,29)30)13-19(20)33(35)36/h5-8,10-14H,4,9H2,1-3H3,(H,32,34)/b31-14+. The number of methoxy groups -OCH3 is 2. The molecule has 1 N–H and O–H groups in total. The van der Waals surface area contributed by atoms with Gasteiger partial charge in [0.05, 0.1) is 42.6 Å². The summed E-state index contributed by atoms with van der Waals surface area (Å²) >= 11 is 6.29. The molecule has 0 heterocycles. The molecule has 14 heteroatoms. The maximum absolute atomic E-state index is 13.0. The molecule has 3 aromatic rings. The number of hydrogen-bond donors (Lipinski definition) is 1. The number of benzene rings is 3. The predicted octanol–water partition coefficient (Wildman–Crippen LogP) is 6.63. The fourth-order valence-electron chi connectivity index (χ4n) is 3.32. The van der Waals surface area contributed by atoms with E-state index >= 15 is 0 Å². The van der Waals surface area contributed by atoms with Crippen LogP contribution in [0.25, 0.3) is 0 Å². The first-order chi connectivity index (χ1) is 19.0. The van der Waals surface area contributed by atoms with E-state index in [0.717, 1.165) is 12.5 Å². The molecule has 1 amide bonds. The highest BCUT2D eigenvalue weighted by Crippen LogP contribution is 2.43. The third kappa shape index (κ3) is 7.32. The number of nitro groups is 1. The lowest BCUT2D eigenvalue weighted by Gasteiger charge is -2.14. The van der Waals surface area contributed by atoms with E-state index in [1.807, 2.05) is 6.92 Å². The summed E-state index contributed by atoms with van der Waals surface area (Å²) in [6, 6.07) is 9.24. The number of nitrogens with zero attached hydrogens (tertiary/aromatic N) is 2. The average molecular weight is 582 g/mol. The molecule has 0 aliphatic carbocycles. The molecule has 3 rings (SSSR count). The van der Waals surface area contributed by atoms with E-state index in [1.165, 1.54) is 38.6 Å². The zero-order valence-corrected chi connectivity index (χ0v) is 22.1. The largest absolute Gasteiger partial charge is 0.493 e. The molecule has 40 heavy (non-hydrogen) atoms. The Morgan fingerprint density at radius 1 is 1.05 bits per heavy atom. The number of ether oxygens (including phenoxy) is 4. The van der Waals surface area contributed by atoms with Gasteiger partial charge in [0.1, 0.15) is 0 Å². The maximum Gasteiger partial charge on any atom is 0.416 e. The summed E-state index contributed by atoms with van der Waals surface area (Å²) in [5, 5.41) is 15.2. The van der Waals surface area contributed by atoms with E-state index in [0.29, 0.717) is 35.8 Å². The van der Waals surface area contributed by atoms with Gasteiger partial charge in [0.15, 0.2) is 23.0 Å². The minimum absolute atomic E-state index is 0.00174. The van der Waals surface area contributed by atoms with E-state index in [-0.39, 0.29) is 22.1 Å². The van der Waals surface area contributed by atoms with Crippen molar-refractivity contribution in [1.82, 2.24) is 5.43 Å². The molecule has 0 fully saturated rings. The molecule has 212 valence electrons. The summed E-state index contributed by atoms with van der Waals surface area (Å²) in [6.45, 7) is 2.45. The van der Waals surface area contributed by atoms with Gasteiger partial charge in [-0.1, -0.05) is 18.5 Å². The maximum atomic E-state index is 13.0. The summed E-state index contributed by atoms with van der Waals surface area (Å²) in [5.41, 5.74) is 0.842. The molecule has 0 radical (unpaired) electrons. The Morgan fingerprint density at radius 3 is 2.38 bits per heavy atom. The van der Waals surface area contributed by atoms with E-state index < -0.39 is 34.0 Å².